The molecule has 0 fully saturated rings. The second-order valence-electron chi connectivity index (χ2n) is 3.67. The number of hydrogen-bond donors (Lipinski definition) is 2. The van der Waals surface area contributed by atoms with Gasteiger partial charge in [0, 0.05) is 12.7 Å². The minimum Gasteiger partial charge on any atom is -0.435 e. The van der Waals surface area contributed by atoms with Crippen molar-refractivity contribution >= 4 is 17.5 Å². The Kier molecular flexibility index (Phi) is 4.24. The van der Waals surface area contributed by atoms with Gasteiger partial charge >= 0.3 is 6.61 Å². The van der Waals surface area contributed by atoms with Crippen molar-refractivity contribution in [3.05, 3.63) is 36.3 Å². The normalized spacial score (nSPS) is 10.4. The Hall–Kier alpha value is -2.51. The maximum Gasteiger partial charge on any atom is 0.387 e. The van der Waals surface area contributed by atoms with Gasteiger partial charge in [-0.25, -0.2) is 9.37 Å². The summed E-state index contributed by atoms with van der Waals surface area (Å²) in [5.74, 6) is -0.375. The van der Waals surface area contributed by atoms with E-state index in [9.17, 15) is 13.2 Å². The number of nitrogens with one attached hydrogen (secondary N) is 2. The molecule has 1 aromatic carbocycles. The minimum atomic E-state index is -2.88. The molecule has 106 valence electrons. The van der Waals surface area contributed by atoms with Gasteiger partial charge in [0.25, 0.3) is 0 Å². The van der Waals surface area contributed by atoms with Crippen LogP contribution in [-0.2, 0) is 0 Å². The average molecular weight is 284 g/mol. The van der Waals surface area contributed by atoms with Crippen molar-refractivity contribution in [1.82, 2.24) is 9.97 Å². The van der Waals surface area contributed by atoms with Crippen LogP contribution >= 0.6 is 0 Å². The highest BCUT2D eigenvalue weighted by atomic mass is 19.3. The molecule has 2 aromatic rings. The average Bonchev–Trinajstić information content (AvgIpc) is 2.43. The van der Waals surface area contributed by atoms with Crippen LogP contribution in [-0.4, -0.2) is 23.6 Å². The molecule has 0 aliphatic carbocycles. The Labute approximate surface area is 112 Å². The summed E-state index contributed by atoms with van der Waals surface area (Å²) < 4.78 is 41.7. The fourth-order valence-electron chi connectivity index (χ4n) is 1.43. The second kappa shape index (κ2) is 6.09. The number of alkyl halides is 2. The molecule has 0 amide bonds. The third kappa shape index (κ3) is 3.50. The standard InChI is InChI=1S/C12H11F3N4O/c1-16-12-17-6-9(13)10(19-12)18-7-2-4-8(5-3-7)20-11(14)15/h2-6,11H,1H3,(H2,16,17,18,19). The zero-order valence-electron chi connectivity index (χ0n) is 10.4. The van der Waals surface area contributed by atoms with Gasteiger partial charge in [-0.3, -0.25) is 0 Å². The number of hydrogen-bond acceptors (Lipinski definition) is 5. The molecule has 0 bridgehead atoms. The quantitative estimate of drug-likeness (QED) is 0.884. The van der Waals surface area contributed by atoms with Crippen molar-refractivity contribution < 1.29 is 17.9 Å². The summed E-state index contributed by atoms with van der Waals surface area (Å²) in [7, 11) is 1.60. The second-order valence-corrected chi connectivity index (χ2v) is 3.67. The Morgan fingerprint density at radius 2 is 1.90 bits per heavy atom. The van der Waals surface area contributed by atoms with Gasteiger partial charge in [-0.2, -0.15) is 13.8 Å². The van der Waals surface area contributed by atoms with Crippen LogP contribution in [0.4, 0.5) is 30.6 Å². The Bertz CT molecular complexity index is 577. The number of halogens is 3. The van der Waals surface area contributed by atoms with Gasteiger partial charge in [-0.1, -0.05) is 0 Å². The smallest absolute Gasteiger partial charge is 0.387 e. The van der Waals surface area contributed by atoms with E-state index in [-0.39, 0.29) is 17.5 Å². The predicted octanol–water partition coefficient (Wildman–Crippen LogP) is 3.00. The predicted molar refractivity (Wildman–Crippen MR) is 67.9 cm³/mol. The summed E-state index contributed by atoms with van der Waals surface area (Å²) in [5.41, 5.74) is 0.478. The molecule has 0 aliphatic rings. The lowest BCUT2D eigenvalue weighted by Gasteiger charge is -2.09. The van der Waals surface area contributed by atoms with Crippen LogP contribution in [0.15, 0.2) is 30.5 Å². The largest absolute Gasteiger partial charge is 0.435 e. The van der Waals surface area contributed by atoms with Crippen molar-refractivity contribution in [1.29, 1.82) is 0 Å². The number of ether oxygens (including phenoxy) is 1. The van der Waals surface area contributed by atoms with E-state index < -0.39 is 12.4 Å². The molecule has 0 radical (unpaired) electrons. The molecule has 0 unspecified atom stereocenters. The van der Waals surface area contributed by atoms with Gasteiger partial charge in [0.05, 0.1) is 6.20 Å². The first kappa shape index (κ1) is 13.9. The van der Waals surface area contributed by atoms with Crippen LogP contribution < -0.4 is 15.4 Å². The number of benzene rings is 1. The molecule has 5 nitrogen and oxygen atoms in total. The van der Waals surface area contributed by atoms with Crippen LogP contribution in [0.2, 0.25) is 0 Å². The third-order valence-electron chi connectivity index (χ3n) is 2.31. The van der Waals surface area contributed by atoms with Crippen molar-refractivity contribution in [3.8, 4) is 5.75 Å². The van der Waals surface area contributed by atoms with Gasteiger partial charge in [-0.15, -0.1) is 0 Å². The van der Waals surface area contributed by atoms with E-state index in [2.05, 4.69) is 25.3 Å². The van der Waals surface area contributed by atoms with Gasteiger partial charge in [0.1, 0.15) is 5.75 Å². The van der Waals surface area contributed by atoms with Crippen LogP contribution in [0.5, 0.6) is 5.75 Å². The van der Waals surface area contributed by atoms with Gasteiger partial charge in [0.15, 0.2) is 11.6 Å². The summed E-state index contributed by atoms with van der Waals surface area (Å²) in [6.07, 6.45) is 1.02. The van der Waals surface area contributed by atoms with Crippen molar-refractivity contribution in [2.24, 2.45) is 0 Å². The molecule has 1 aromatic heterocycles. The van der Waals surface area contributed by atoms with Gasteiger partial charge in [0.2, 0.25) is 5.95 Å². The van der Waals surface area contributed by atoms with E-state index in [1.165, 1.54) is 24.3 Å². The first-order valence-corrected chi connectivity index (χ1v) is 5.60. The highest BCUT2D eigenvalue weighted by Crippen LogP contribution is 2.22. The van der Waals surface area contributed by atoms with Crippen LogP contribution in [0, 0.1) is 5.82 Å². The van der Waals surface area contributed by atoms with Crippen LogP contribution in [0.3, 0.4) is 0 Å². The fourth-order valence-corrected chi connectivity index (χ4v) is 1.43. The molecule has 20 heavy (non-hydrogen) atoms. The molecular weight excluding hydrogens is 273 g/mol. The Morgan fingerprint density at radius 3 is 2.50 bits per heavy atom. The highest BCUT2D eigenvalue weighted by molar-refractivity contribution is 5.58. The van der Waals surface area contributed by atoms with Gasteiger partial charge < -0.3 is 15.4 Å². The van der Waals surface area contributed by atoms with E-state index in [0.29, 0.717) is 5.69 Å². The number of anilines is 3. The molecule has 1 heterocycles. The number of rotatable bonds is 5. The van der Waals surface area contributed by atoms with Crippen molar-refractivity contribution in [3.63, 3.8) is 0 Å². The lowest BCUT2D eigenvalue weighted by atomic mass is 10.3. The van der Waals surface area contributed by atoms with Crippen LogP contribution in [0.25, 0.3) is 0 Å². The van der Waals surface area contributed by atoms with Gasteiger partial charge in [-0.05, 0) is 24.3 Å². The Balaban J connectivity index is 2.13. The third-order valence-corrected chi connectivity index (χ3v) is 2.31. The zero-order valence-corrected chi connectivity index (χ0v) is 10.4. The summed E-state index contributed by atoms with van der Waals surface area (Å²) in [6, 6.07) is 5.62. The molecule has 0 spiro atoms. The van der Waals surface area contributed by atoms with E-state index in [1.807, 2.05) is 0 Å². The minimum absolute atomic E-state index is 0.0182. The first-order chi connectivity index (χ1) is 9.58. The first-order valence-electron chi connectivity index (χ1n) is 5.60. The molecule has 0 aliphatic heterocycles. The summed E-state index contributed by atoms with van der Waals surface area (Å²) in [6.45, 7) is -2.88. The maximum atomic E-state index is 13.5. The van der Waals surface area contributed by atoms with E-state index >= 15 is 0 Å². The maximum absolute atomic E-state index is 13.5. The molecule has 0 atom stereocenters. The van der Waals surface area contributed by atoms with Crippen LogP contribution in [0.1, 0.15) is 0 Å². The molecule has 0 saturated heterocycles. The topological polar surface area (TPSA) is 59.1 Å². The van der Waals surface area contributed by atoms with Crippen molar-refractivity contribution in [2.45, 2.75) is 6.61 Å². The lowest BCUT2D eigenvalue weighted by molar-refractivity contribution is -0.0498. The summed E-state index contributed by atoms with van der Waals surface area (Å²) in [4.78, 5) is 7.60. The number of nitrogens with zero attached hydrogens (tertiary/aromatic N) is 2. The molecule has 2 rings (SSSR count). The lowest BCUT2D eigenvalue weighted by Crippen LogP contribution is -2.03. The van der Waals surface area contributed by atoms with Crippen molar-refractivity contribution in [2.75, 3.05) is 17.7 Å². The molecule has 0 saturated carbocycles. The highest BCUT2D eigenvalue weighted by Gasteiger charge is 2.08. The fraction of sp³-hybridized carbons (Fsp3) is 0.167. The molecular formula is C12H11F3N4O. The SMILES string of the molecule is CNc1ncc(F)c(Nc2ccc(OC(F)F)cc2)n1. The summed E-state index contributed by atoms with van der Waals surface area (Å²) >= 11 is 0. The van der Waals surface area contributed by atoms with E-state index in [4.69, 9.17) is 0 Å². The molecule has 8 heteroatoms. The number of aromatic nitrogens is 2. The summed E-state index contributed by atoms with van der Waals surface area (Å²) in [5, 5.41) is 5.40. The monoisotopic (exact) mass is 284 g/mol. The Morgan fingerprint density at radius 1 is 1.20 bits per heavy atom. The zero-order chi connectivity index (χ0) is 14.5. The molecule has 2 N–H and O–H groups in total. The van der Waals surface area contributed by atoms with E-state index in [0.717, 1.165) is 6.20 Å². The van der Waals surface area contributed by atoms with E-state index in [1.54, 1.807) is 7.05 Å².